The fourth-order valence-electron chi connectivity index (χ4n) is 1.91. The predicted molar refractivity (Wildman–Crippen MR) is 86.5 cm³/mol. The number of nitrogens with two attached hydrogens (primary N) is 1. The number of aryl methyl sites for hydroxylation is 1. The highest BCUT2D eigenvalue weighted by molar-refractivity contribution is 5.44. The van der Waals surface area contributed by atoms with E-state index in [1.165, 1.54) is 0 Å². The number of pyridine rings is 1. The fraction of sp³-hybridized carbons (Fsp3) is 0.400. The van der Waals surface area contributed by atoms with Crippen LogP contribution >= 0.6 is 0 Å². The van der Waals surface area contributed by atoms with Crippen LogP contribution < -0.4 is 16.4 Å². The maximum atomic E-state index is 5.72. The molecule has 0 aliphatic rings. The third-order valence-electron chi connectivity index (χ3n) is 3.09. The van der Waals surface area contributed by atoms with Crippen LogP contribution in [0.25, 0.3) is 0 Å². The Bertz CT molecular complexity index is 596. The van der Waals surface area contributed by atoms with E-state index in [9.17, 15) is 0 Å². The van der Waals surface area contributed by atoms with Crippen LogP contribution in [-0.2, 0) is 0 Å². The lowest BCUT2D eigenvalue weighted by Gasteiger charge is -2.11. The van der Waals surface area contributed by atoms with E-state index in [0.717, 1.165) is 36.0 Å². The minimum Gasteiger partial charge on any atom is -0.368 e. The largest absolute Gasteiger partial charge is 0.368 e. The highest BCUT2D eigenvalue weighted by Gasteiger charge is 2.05. The second kappa shape index (κ2) is 6.88. The first-order valence-electron chi connectivity index (χ1n) is 7.10. The summed E-state index contributed by atoms with van der Waals surface area (Å²) in [4.78, 5) is 12.7. The molecule has 2 heterocycles. The van der Waals surface area contributed by atoms with Gasteiger partial charge in [-0.2, -0.15) is 4.98 Å². The Morgan fingerprint density at radius 3 is 2.67 bits per heavy atom. The van der Waals surface area contributed by atoms with E-state index >= 15 is 0 Å². The number of hydrogen-bond acceptors (Lipinski definition) is 6. The lowest BCUT2D eigenvalue weighted by molar-refractivity contribution is 0.817. The van der Waals surface area contributed by atoms with Crippen molar-refractivity contribution in [1.82, 2.24) is 15.0 Å². The molecule has 21 heavy (non-hydrogen) atoms. The average Bonchev–Trinajstić information content (AvgIpc) is 2.44. The zero-order valence-corrected chi connectivity index (χ0v) is 12.7. The summed E-state index contributed by atoms with van der Waals surface area (Å²) in [7, 11) is 0. The quantitative estimate of drug-likeness (QED) is 0.707. The van der Waals surface area contributed by atoms with Crippen LogP contribution in [0.3, 0.4) is 0 Å². The van der Waals surface area contributed by atoms with Crippen LogP contribution in [0.1, 0.15) is 31.0 Å². The summed E-state index contributed by atoms with van der Waals surface area (Å²) < 4.78 is 0. The Balaban J connectivity index is 1.88. The van der Waals surface area contributed by atoms with Gasteiger partial charge in [-0.15, -0.1) is 0 Å². The second-order valence-corrected chi connectivity index (χ2v) is 5.21. The van der Waals surface area contributed by atoms with Crippen LogP contribution in [0.15, 0.2) is 24.4 Å². The van der Waals surface area contributed by atoms with Crippen molar-refractivity contribution in [2.75, 3.05) is 29.5 Å². The van der Waals surface area contributed by atoms with E-state index in [1.807, 2.05) is 25.1 Å². The zero-order valence-electron chi connectivity index (χ0n) is 12.7. The molecule has 0 radical (unpaired) electrons. The first-order valence-corrected chi connectivity index (χ1v) is 7.10. The molecule has 0 saturated heterocycles. The summed E-state index contributed by atoms with van der Waals surface area (Å²) in [6, 6.07) is 5.89. The van der Waals surface area contributed by atoms with Gasteiger partial charge in [0.05, 0.1) is 5.69 Å². The molecule has 0 spiro atoms. The summed E-state index contributed by atoms with van der Waals surface area (Å²) in [5.41, 5.74) is 7.80. The van der Waals surface area contributed by atoms with Gasteiger partial charge in [-0.25, -0.2) is 9.97 Å². The molecule has 6 nitrogen and oxygen atoms in total. The highest BCUT2D eigenvalue weighted by atomic mass is 15.1. The molecule has 0 fully saturated rings. The average molecular weight is 286 g/mol. The third kappa shape index (κ3) is 4.30. The SMILES string of the molecule is Cc1cccnc1NCCNc1cc(C(C)C)nc(N)n1. The van der Waals surface area contributed by atoms with Gasteiger partial charge in [0.1, 0.15) is 11.6 Å². The van der Waals surface area contributed by atoms with Crippen LogP contribution in [0.4, 0.5) is 17.6 Å². The highest BCUT2D eigenvalue weighted by Crippen LogP contribution is 2.16. The lowest BCUT2D eigenvalue weighted by atomic mass is 10.1. The predicted octanol–water partition coefficient (Wildman–Crippen LogP) is 2.41. The summed E-state index contributed by atoms with van der Waals surface area (Å²) in [6.07, 6.45) is 1.78. The Hall–Kier alpha value is -2.37. The van der Waals surface area contributed by atoms with Gasteiger partial charge in [0, 0.05) is 25.4 Å². The maximum absolute atomic E-state index is 5.72. The van der Waals surface area contributed by atoms with Crippen molar-refractivity contribution in [3.63, 3.8) is 0 Å². The third-order valence-corrected chi connectivity index (χ3v) is 3.09. The van der Waals surface area contributed by atoms with Crippen molar-refractivity contribution in [2.45, 2.75) is 26.7 Å². The number of rotatable bonds is 6. The lowest BCUT2D eigenvalue weighted by Crippen LogP contribution is -2.16. The minimum absolute atomic E-state index is 0.303. The molecule has 2 aromatic heterocycles. The van der Waals surface area contributed by atoms with Crippen LogP contribution in [0.5, 0.6) is 0 Å². The van der Waals surface area contributed by atoms with E-state index in [1.54, 1.807) is 6.20 Å². The van der Waals surface area contributed by atoms with E-state index in [-0.39, 0.29) is 0 Å². The number of nitrogens with one attached hydrogen (secondary N) is 2. The van der Waals surface area contributed by atoms with Crippen LogP contribution in [0, 0.1) is 6.92 Å². The number of nitrogens with zero attached hydrogens (tertiary/aromatic N) is 3. The van der Waals surface area contributed by atoms with Gasteiger partial charge in [-0.1, -0.05) is 19.9 Å². The smallest absolute Gasteiger partial charge is 0.222 e. The molecule has 0 atom stereocenters. The van der Waals surface area contributed by atoms with Gasteiger partial charge in [-0.05, 0) is 24.5 Å². The van der Waals surface area contributed by atoms with Gasteiger partial charge in [0.25, 0.3) is 0 Å². The van der Waals surface area contributed by atoms with E-state index < -0.39 is 0 Å². The molecular weight excluding hydrogens is 264 g/mol. The zero-order chi connectivity index (χ0) is 15.2. The monoisotopic (exact) mass is 286 g/mol. The normalized spacial score (nSPS) is 10.7. The molecular formula is C15H22N6. The van der Waals surface area contributed by atoms with Gasteiger partial charge < -0.3 is 16.4 Å². The fourth-order valence-corrected chi connectivity index (χ4v) is 1.91. The van der Waals surface area contributed by atoms with Crippen molar-refractivity contribution in [3.05, 3.63) is 35.7 Å². The van der Waals surface area contributed by atoms with Gasteiger partial charge in [-0.3, -0.25) is 0 Å². The molecule has 6 heteroatoms. The molecule has 4 N–H and O–H groups in total. The summed E-state index contributed by atoms with van der Waals surface area (Å²) in [6.45, 7) is 7.67. The molecule has 0 aliphatic heterocycles. The van der Waals surface area contributed by atoms with E-state index in [2.05, 4.69) is 39.4 Å². The Labute approximate surface area is 125 Å². The number of hydrogen-bond donors (Lipinski definition) is 3. The second-order valence-electron chi connectivity index (χ2n) is 5.21. The number of anilines is 3. The van der Waals surface area contributed by atoms with Crippen molar-refractivity contribution < 1.29 is 0 Å². The Kier molecular flexibility index (Phi) is 4.92. The van der Waals surface area contributed by atoms with Crippen LogP contribution in [-0.4, -0.2) is 28.0 Å². The standard InChI is InChI=1S/C15H22N6/c1-10(2)12-9-13(21-15(16)20-12)17-7-8-19-14-11(3)5-4-6-18-14/h4-6,9-10H,7-8H2,1-3H3,(H,18,19)(H3,16,17,20,21). The van der Waals surface area contributed by atoms with Gasteiger partial charge in [0.15, 0.2) is 0 Å². The molecule has 0 amide bonds. The van der Waals surface area contributed by atoms with Crippen molar-refractivity contribution >= 4 is 17.6 Å². The number of nitrogen functional groups attached to an aromatic ring is 1. The van der Waals surface area contributed by atoms with Gasteiger partial charge in [0.2, 0.25) is 5.95 Å². The molecule has 112 valence electrons. The van der Waals surface area contributed by atoms with E-state index in [0.29, 0.717) is 11.9 Å². The molecule has 2 aromatic rings. The van der Waals surface area contributed by atoms with Gasteiger partial charge >= 0.3 is 0 Å². The van der Waals surface area contributed by atoms with E-state index in [4.69, 9.17) is 5.73 Å². The van der Waals surface area contributed by atoms with Crippen molar-refractivity contribution in [1.29, 1.82) is 0 Å². The summed E-state index contributed by atoms with van der Waals surface area (Å²) in [5, 5.41) is 6.54. The maximum Gasteiger partial charge on any atom is 0.222 e. The first-order chi connectivity index (χ1) is 10.1. The summed E-state index contributed by atoms with van der Waals surface area (Å²) >= 11 is 0. The molecule has 0 aliphatic carbocycles. The van der Waals surface area contributed by atoms with Crippen LogP contribution in [0.2, 0.25) is 0 Å². The number of aromatic nitrogens is 3. The van der Waals surface area contributed by atoms with Crippen molar-refractivity contribution in [2.24, 2.45) is 0 Å². The topological polar surface area (TPSA) is 88.8 Å². The molecule has 0 saturated carbocycles. The van der Waals surface area contributed by atoms with Crippen molar-refractivity contribution in [3.8, 4) is 0 Å². The molecule has 2 rings (SSSR count). The molecule has 0 unspecified atom stereocenters. The Morgan fingerprint density at radius 2 is 1.95 bits per heavy atom. The Morgan fingerprint density at radius 1 is 1.19 bits per heavy atom. The first kappa shape index (κ1) is 15.0. The minimum atomic E-state index is 0.303. The molecule has 0 aromatic carbocycles. The molecule has 0 bridgehead atoms. The summed E-state index contributed by atoms with van der Waals surface area (Å²) in [5.74, 6) is 2.29.